The Bertz CT molecular complexity index is 378. The maximum atomic E-state index is 12.4. The van der Waals surface area contributed by atoms with Gasteiger partial charge in [-0.2, -0.15) is 25.8 Å². The molecule has 17 heavy (non-hydrogen) atoms. The summed E-state index contributed by atoms with van der Waals surface area (Å²) in [7, 11) is 0. The summed E-state index contributed by atoms with van der Waals surface area (Å²) < 4.78 is 37.3. The van der Waals surface area contributed by atoms with E-state index in [0.717, 1.165) is 0 Å². The smallest absolute Gasteiger partial charge is 0.402 e. The van der Waals surface area contributed by atoms with Crippen molar-refractivity contribution in [3.8, 4) is 0 Å². The molecule has 1 N–H and O–H groups in total. The number of hydrogen-bond donors (Lipinski definition) is 2. The molecule has 0 aliphatic heterocycles. The van der Waals surface area contributed by atoms with Gasteiger partial charge in [0.15, 0.2) is 5.92 Å². The predicted octanol–water partition coefficient (Wildman–Crippen LogP) is 3.31. The minimum Gasteiger partial charge on any atom is -0.481 e. The van der Waals surface area contributed by atoms with Crippen LogP contribution in [-0.2, 0) is 4.79 Å². The fourth-order valence-electron chi connectivity index (χ4n) is 1.41. The first kappa shape index (κ1) is 13.9. The number of hydrogen-bond acceptors (Lipinski definition) is 2. The van der Waals surface area contributed by atoms with Crippen LogP contribution in [0.25, 0.3) is 0 Å². The van der Waals surface area contributed by atoms with Crippen molar-refractivity contribution in [3.63, 3.8) is 0 Å². The Kier molecular flexibility index (Phi) is 4.45. The second kappa shape index (κ2) is 5.44. The van der Waals surface area contributed by atoms with Crippen molar-refractivity contribution in [1.82, 2.24) is 0 Å². The Morgan fingerprint density at radius 3 is 2.24 bits per heavy atom. The van der Waals surface area contributed by atoms with E-state index in [1.807, 2.05) is 0 Å². The van der Waals surface area contributed by atoms with Crippen molar-refractivity contribution in [1.29, 1.82) is 0 Å². The van der Waals surface area contributed by atoms with Gasteiger partial charge in [0, 0.05) is 5.25 Å². The van der Waals surface area contributed by atoms with Gasteiger partial charge in [0.05, 0.1) is 0 Å². The molecule has 2 nitrogen and oxygen atoms in total. The topological polar surface area (TPSA) is 37.3 Å². The van der Waals surface area contributed by atoms with Crippen LogP contribution in [-0.4, -0.2) is 17.3 Å². The number of carbonyl (C=O) groups is 1. The quantitative estimate of drug-likeness (QED) is 0.819. The van der Waals surface area contributed by atoms with Crippen LogP contribution in [0, 0.1) is 5.92 Å². The molecule has 0 saturated heterocycles. The van der Waals surface area contributed by atoms with Crippen molar-refractivity contribution in [2.45, 2.75) is 17.8 Å². The fourth-order valence-corrected chi connectivity index (χ4v) is 1.79. The lowest BCUT2D eigenvalue weighted by Crippen LogP contribution is -2.31. The summed E-state index contributed by atoms with van der Waals surface area (Å²) in [6.07, 6.45) is -5.33. The number of carboxylic acids is 1. The van der Waals surface area contributed by atoms with E-state index in [1.54, 1.807) is 30.3 Å². The number of alkyl halides is 3. The molecule has 0 aromatic heterocycles. The summed E-state index contributed by atoms with van der Waals surface area (Å²) in [6.45, 7) is 0. The molecule has 1 rings (SSSR count). The Labute approximate surface area is 102 Å². The van der Waals surface area contributed by atoms with Gasteiger partial charge in [0.2, 0.25) is 0 Å². The van der Waals surface area contributed by atoms with Gasteiger partial charge in [0.25, 0.3) is 0 Å². The molecule has 0 unspecified atom stereocenters. The molecule has 0 radical (unpaired) electrons. The van der Waals surface area contributed by atoms with Crippen molar-refractivity contribution in [2.24, 2.45) is 5.92 Å². The summed E-state index contributed by atoms with van der Waals surface area (Å²) in [5, 5.41) is 7.80. The van der Waals surface area contributed by atoms with Gasteiger partial charge in [-0.25, -0.2) is 0 Å². The van der Waals surface area contributed by atoms with Gasteiger partial charge in [-0.1, -0.05) is 30.3 Å². The molecule has 0 fully saturated rings. The minimum absolute atomic E-state index is 0.575. The van der Waals surface area contributed by atoms with E-state index >= 15 is 0 Å². The molecule has 0 saturated carbocycles. The Hall–Kier alpha value is -1.17. The predicted molar refractivity (Wildman–Crippen MR) is 60.0 cm³/mol. The van der Waals surface area contributed by atoms with Crippen LogP contribution < -0.4 is 0 Å². The molecule has 1 aromatic carbocycles. The molecule has 94 valence electrons. The van der Waals surface area contributed by atoms with E-state index in [9.17, 15) is 18.0 Å². The summed E-state index contributed by atoms with van der Waals surface area (Å²) in [5.41, 5.74) is 0.575. The van der Waals surface area contributed by atoms with Crippen LogP contribution >= 0.6 is 12.6 Å². The third-order valence-electron chi connectivity index (χ3n) is 2.34. The molecule has 0 spiro atoms. The average Bonchev–Trinajstić information content (AvgIpc) is 2.24. The summed E-state index contributed by atoms with van der Waals surface area (Å²) in [6, 6.07) is 8.30. The molecule has 0 heterocycles. The average molecular weight is 264 g/mol. The van der Waals surface area contributed by atoms with Crippen molar-refractivity contribution < 1.29 is 23.1 Å². The molecule has 0 aliphatic carbocycles. The van der Waals surface area contributed by atoms with Crippen LogP contribution in [0.4, 0.5) is 13.2 Å². The lowest BCUT2D eigenvalue weighted by atomic mass is 9.98. The molecule has 6 heteroatoms. The number of rotatable bonds is 4. The number of carboxylic acid groups (broad SMARTS) is 1. The van der Waals surface area contributed by atoms with E-state index in [4.69, 9.17) is 5.11 Å². The first-order valence-electron chi connectivity index (χ1n) is 4.85. The number of benzene rings is 1. The lowest BCUT2D eigenvalue weighted by molar-refractivity contribution is -0.194. The van der Waals surface area contributed by atoms with Crippen LogP contribution in [0.5, 0.6) is 0 Å². The SMILES string of the molecule is O=C(O)[C@@H](C[C@@H](S)c1ccccc1)C(F)(F)F. The molecule has 0 aliphatic rings. The highest BCUT2D eigenvalue weighted by molar-refractivity contribution is 7.80. The van der Waals surface area contributed by atoms with E-state index in [2.05, 4.69) is 12.6 Å². The first-order chi connectivity index (χ1) is 7.82. The largest absolute Gasteiger partial charge is 0.481 e. The number of thiol groups is 1. The highest BCUT2D eigenvalue weighted by Gasteiger charge is 2.45. The highest BCUT2D eigenvalue weighted by Crippen LogP contribution is 2.36. The fraction of sp³-hybridized carbons (Fsp3) is 0.364. The zero-order chi connectivity index (χ0) is 13.1. The minimum atomic E-state index is -4.75. The zero-order valence-corrected chi connectivity index (χ0v) is 9.58. The zero-order valence-electron chi connectivity index (χ0n) is 8.69. The first-order valence-corrected chi connectivity index (χ1v) is 5.36. The van der Waals surface area contributed by atoms with Gasteiger partial charge in [-0.15, -0.1) is 0 Å². The molecule has 0 amide bonds. The normalized spacial score (nSPS) is 15.3. The summed E-state index contributed by atoms with van der Waals surface area (Å²) >= 11 is 4.02. The van der Waals surface area contributed by atoms with Gasteiger partial charge in [-0.3, -0.25) is 4.79 Å². The van der Waals surface area contributed by atoms with Crippen LogP contribution in [0.15, 0.2) is 30.3 Å². The second-order valence-corrected chi connectivity index (χ2v) is 4.22. The third kappa shape index (κ3) is 3.96. The number of aliphatic carboxylic acids is 1. The van der Waals surface area contributed by atoms with Crippen LogP contribution in [0.3, 0.4) is 0 Å². The van der Waals surface area contributed by atoms with Gasteiger partial charge in [-0.05, 0) is 12.0 Å². The lowest BCUT2D eigenvalue weighted by Gasteiger charge is -2.19. The molecule has 0 bridgehead atoms. The van der Waals surface area contributed by atoms with Gasteiger partial charge < -0.3 is 5.11 Å². The summed E-state index contributed by atoms with van der Waals surface area (Å²) in [5.74, 6) is -4.25. The monoisotopic (exact) mass is 264 g/mol. The van der Waals surface area contributed by atoms with E-state index in [1.165, 1.54) is 0 Å². The standard InChI is InChI=1S/C11H11F3O2S/c12-11(13,14)8(10(15)16)6-9(17)7-4-2-1-3-5-7/h1-5,8-9,17H,6H2,(H,15,16)/t8-,9-/m1/s1. The van der Waals surface area contributed by atoms with Crippen LogP contribution in [0.2, 0.25) is 0 Å². The maximum absolute atomic E-state index is 12.4. The van der Waals surface area contributed by atoms with Crippen molar-refractivity contribution in [3.05, 3.63) is 35.9 Å². The van der Waals surface area contributed by atoms with E-state index in [0.29, 0.717) is 5.56 Å². The summed E-state index contributed by atoms with van der Waals surface area (Å²) in [4.78, 5) is 10.6. The van der Waals surface area contributed by atoms with E-state index < -0.39 is 29.7 Å². The van der Waals surface area contributed by atoms with Crippen LogP contribution in [0.1, 0.15) is 17.2 Å². The molecular weight excluding hydrogens is 253 g/mol. The third-order valence-corrected chi connectivity index (χ3v) is 2.85. The van der Waals surface area contributed by atoms with E-state index in [-0.39, 0.29) is 0 Å². The second-order valence-electron chi connectivity index (χ2n) is 3.59. The Morgan fingerprint density at radius 1 is 1.29 bits per heavy atom. The van der Waals surface area contributed by atoms with Gasteiger partial charge in [0.1, 0.15) is 0 Å². The molecular formula is C11H11F3O2S. The Morgan fingerprint density at radius 2 is 1.82 bits per heavy atom. The number of halogens is 3. The molecule has 2 atom stereocenters. The highest BCUT2D eigenvalue weighted by atomic mass is 32.1. The molecule has 1 aromatic rings. The Balaban J connectivity index is 2.79. The van der Waals surface area contributed by atoms with Gasteiger partial charge >= 0.3 is 12.1 Å². The van der Waals surface area contributed by atoms with Crippen molar-refractivity contribution in [2.75, 3.05) is 0 Å². The maximum Gasteiger partial charge on any atom is 0.402 e. The van der Waals surface area contributed by atoms with Crippen molar-refractivity contribution >= 4 is 18.6 Å².